The molecule has 0 saturated heterocycles. The molecule has 2 aromatic rings. The summed E-state index contributed by atoms with van der Waals surface area (Å²) in [5, 5.41) is 11.5. The highest BCUT2D eigenvalue weighted by molar-refractivity contribution is 5.64. The number of nitrogens with two attached hydrogens (primary N) is 1. The van der Waals surface area contributed by atoms with Gasteiger partial charge in [-0.05, 0) is 42.8 Å². The molecule has 0 aliphatic carbocycles. The van der Waals surface area contributed by atoms with Gasteiger partial charge in [0.15, 0.2) is 5.82 Å². The van der Waals surface area contributed by atoms with E-state index in [2.05, 4.69) is 15.5 Å². The van der Waals surface area contributed by atoms with E-state index < -0.39 is 0 Å². The maximum atomic E-state index is 13.7. The van der Waals surface area contributed by atoms with E-state index in [0.717, 1.165) is 6.42 Å². The smallest absolute Gasteiger partial charge is 0.182 e. The summed E-state index contributed by atoms with van der Waals surface area (Å²) in [5.74, 6) is 0.193. The first-order valence-corrected chi connectivity index (χ1v) is 5.88. The fourth-order valence-corrected chi connectivity index (χ4v) is 1.68. The molecule has 1 aromatic heterocycles. The molecule has 0 spiro atoms. The molecule has 0 saturated carbocycles. The van der Waals surface area contributed by atoms with Crippen LogP contribution < -0.4 is 5.73 Å². The molecule has 0 amide bonds. The molecule has 2 N–H and O–H groups in total. The quantitative estimate of drug-likeness (QED) is 0.848. The summed E-state index contributed by atoms with van der Waals surface area (Å²) in [4.78, 5) is 0. The third-order valence-electron chi connectivity index (χ3n) is 3.14. The molecule has 18 heavy (non-hydrogen) atoms. The van der Waals surface area contributed by atoms with Crippen LogP contribution in [-0.4, -0.2) is 20.2 Å². The van der Waals surface area contributed by atoms with E-state index in [-0.39, 0.29) is 11.9 Å². The van der Waals surface area contributed by atoms with Crippen LogP contribution in [0.4, 0.5) is 10.1 Å². The van der Waals surface area contributed by atoms with Gasteiger partial charge in [-0.25, -0.2) is 9.07 Å². The SMILES string of the molecule is CCC(C)n1nnnc1-c1cc(N)c(C)c(F)c1. The van der Waals surface area contributed by atoms with Crippen molar-refractivity contribution in [3.63, 3.8) is 0 Å². The number of anilines is 1. The Kier molecular flexibility index (Phi) is 3.27. The second-order valence-corrected chi connectivity index (χ2v) is 4.38. The molecule has 0 radical (unpaired) electrons. The number of tetrazole rings is 1. The van der Waals surface area contributed by atoms with E-state index in [0.29, 0.717) is 22.6 Å². The van der Waals surface area contributed by atoms with Gasteiger partial charge in [-0.15, -0.1) is 5.10 Å². The van der Waals surface area contributed by atoms with Crippen molar-refractivity contribution in [1.29, 1.82) is 0 Å². The van der Waals surface area contributed by atoms with Gasteiger partial charge in [0, 0.05) is 16.8 Å². The summed E-state index contributed by atoms with van der Waals surface area (Å²) in [6, 6.07) is 3.26. The molecule has 1 unspecified atom stereocenters. The lowest BCUT2D eigenvalue weighted by Gasteiger charge is -2.11. The number of halogens is 1. The van der Waals surface area contributed by atoms with Gasteiger partial charge in [0.2, 0.25) is 0 Å². The third-order valence-corrected chi connectivity index (χ3v) is 3.14. The first kappa shape index (κ1) is 12.5. The zero-order valence-corrected chi connectivity index (χ0v) is 10.7. The van der Waals surface area contributed by atoms with Gasteiger partial charge < -0.3 is 5.73 Å². The Bertz CT molecular complexity index is 540. The maximum absolute atomic E-state index is 13.7. The van der Waals surface area contributed by atoms with Crippen LogP contribution in [0.1, 0.15) is 31.9 Å². The van der Waals surface area contributed by atoms with Gasteiger partial charge >= 0.3 is 0 Å². The van der Waals surface area contributed by atoms with Crippen molar-refractivity contribution in [3.8, 4) is 11.4 Å². The lowest BCUT2D eigenvalue weighted by Crippen LogP contribution is -2.08. The van der Waals surface area contributed by atoms with Gasteiger partial charge in [-0.3, -0.25) is 0 Å². The van der Waals surface area contributed by atoms with E-state index in [9.17, 15) is 4.39 Å². The minimum atomic E-state index is -0.344. The fourth-order valence-electron chi connectivity index (χ4n) is 1.68. The van der Waals surface area contributed by atoms with E-state index >= 15 is 0 Å². The van der Waals surface area contributed by atoms with Crippen LogP contribution in [0.15, 0.2) is 12.1 Å². The van der Waals surface area contributed by atoms with Crippen LogP contribution in [0.5, 0.6) is 0 Å². The predicted octanol–water partition coefficient (Wildman–Crippen LogP) is 2.34. The van der Waals surface area contributed by atoms with E-state index in [1.807, 2.05) is 13.8 Å². The molecule has 0 fully saturated rings. The van der Waals surface area contributed by atoms with Gasteiger partial charge in [0.05, 0.1) is 6.04 Å². The number of nitrogen functional groups attached to an aromatic ring is 1. The molecular weight excluding hydrogens is 233 g/mol. The highest BCUT2D eigenvalue weighted by atomic mass is 19.1. The summed E-state index contributed by atoms with van der Waals surface area (Å²) >= 11 is 0. The normalized spacial score (nSPS) is 12.7. The highest BCUT2D eigenvalue weighted by Gasteiger charge is 2.15. The second-order valence-electron chi connectivity index (χ2n) is 4.38. The fraction of sp³-hybridized carbons (Fsp3) is 0.417. The highest BCUT2D eigenvalue weighted by Crippen LogP contribution is 2.26. The molecule has 0 aliphatic heterocycles. The summed E-state index contributed by atoms with van der Waals surface area (Å²) < 4.78 is 15.4. The van der Waals surface area contributed by atoms with Gasteiger partial charge in [-0.2, -0.15) is 0 Å². The summed E-state index contributed by atoms with van der Waals surface area (Å²) in [6.07, 6.45) is 0.891. The summed E-state index contributed by atoms with van der Waals surface area (Å²) in [7, 11) is 0. The van der Waals surface area contributed by atoms with Crippen molar-refractivity contribution in [2.24, 2.45) is 0 Å². The Labute approximate surface area is 105 Å². The molecule has 0 aliphatic rings. The van der Waals surface area contributed by atoms with Gasteiger partial charge in [0.25, 0.3) is 0 Å². The van der Waals surface area contributed by atoms with Crippen molar-refractivity contribution >= 4 is 5.69 Å². The molecule has 0 bridgehead atoms. The summed E-state index contributed by atoms with van der Waals surface area (Å²) in [6.45, 7) is 5.69. The lowest BCUT2D eigenvalue weighted by atomic mass is 10.1. The minimum Gasteiger partial charge on any atom is -0.398 e. The van der Waals surface area contributed by atoms with Gasteiger partial charge in [0.1, 0.15) is 5.82 Å². The van der Waals surface area contributed by atoms with Gasteiger partial charge in [-0.1, -0.05) is 6.92 Å². The maximum Gasteiger partial charge on any atom is 0.182 e. The molecule has 1 aromatic carbocycles. The van der Waals surface area contributed by atoms with E-state index in [4.69, 9.17) is 5.73 Å². The molecule has 6 heteroatoms. The molecular formula is C12H16FN5. The van der Waals surface area contributed by atoms with Crippen molar-refractivity contribution in [3.05, 3.63) is 23.5 Å². The zero-order chi connectivity index (χ0) is 13.3. The zero-order valence-electron chi connectivity index (χ0n) is 10.7. The van der Waals surface area contributed by atoms with Crippen molar-refractivity contribution in [1.82, 2.24) is 20.2 Å². The Morgan fingerprint density at radius 3 is 2.78 bits per heavy atom. The lowest BCUT2D eigenvalue weighted by molar-refractivity contribution is 0.468. The Morgan fingerprint density at radius 1 is 1.44 bits per heavy atom. The van der Waals surface area contributed by atoms with Crippen LogP contribution in [-0.2, 0) is 0 Å². The first-order valence-electron chi connectivity index (χ1n) is 5.88. The van der Waals surface area contributed by atoms with E-state index in [1.165, 1.54) is 6.07 Å². The summed E-state index contributed by atoms with van der Waals surface area (Å²) in [5.41, 5.74) is 7.22. The second kappa shape index (κ2) is 4.72. The first-order chi connectivity index (χ1) is 8.54. The molecule has 1 atom stereocenters. The standard InChI is InChI=1S/C12H16FN5/c1-4-7(2)18-12(15-16-17-18)9-5-10(13)8(3)11(14)6-9/h5-7H,4,14H2,1-3H3. The Morgan fingerprint density at radius 2 is 2.17 bits per heavy atom. The molecule has 96 valence electrons. The topological polar surface area (TPSA) is 69.6 Å². The number of hydrogen-bond donors (Lipinski definition) is 1. The number of rotatable bonds is 3. The van der Waals surface area contributed by atoms with Crippen LogP contribution in [0.25, 0.3) is 11.4 Å². The molecule has 5 nitrogen and oxygen atoms in total. The van der Waals surface area contributed by atoms with Crippen LogP contribution >= 0.6 is 0 Å². The number of hydrogen-bond acceptors (Lipinski definition) is 4. The average molecular weight is 249 g/mol. The van der Waals surface area contributed by atoms with Crippen LogP contribution in [0.3, 0.4) is 0 Å². The minimum absolute atomic E-state index is 0.153. The monoisotopic (exact) mass is 249 g/mol. The molecule has 2 rings (SSSR count). The van der Waals surface area contributed by atoms with Crippen molar-refractivity contribution in [2.75, 3.05) is 5.73 Å². The third kappa shape index (κ3) is 2.05. The number of nitrogens with zero attached hydrogens (tertiary/aromatic N) is 4. The van der Waals surface area contributed by atoms with Crippen molar-refractivity contribution < 1.29 is 4.39 Å². The number of benzene rings is 1. The molecule has 1 heterocycles. The predicted molar refractivity (Wildman–Crippen MR) is 67.4 cm³/mol. The average Bonchev–Trinajstić information content (AvgIpc) is 2.83. The van der Waals surface area contributed by atoms with Crippen molar-refractivity contribution in [2.45, 2.75) is 33.2 Å². The number of aromatic nitrogens is 4. The van der Waals surface area contributed by atoms with Crippen LogP contribution in [0.2, 0.25) is 0 Å². The largest absolute Gasteiger partial charge is 0.398 e. The van der Waals surface area contributed by atoms with E-state index in [1.54, 1.807) is 17.7 Å². The Hall–Kier alpha value is -1.98. The Balaban J connectivity index is 2.53. The van der Waals surface area contributed by atoms with Crippen LogP contribution in [0, 0.1) is 12.7 Å².